The zero-order valence-electron chi connectivity index (χ0n) is 17.5. The monoisotopic (exact) mass is 423 g/mol. The van der Waals surface area contributed by atoms with Crippen LogP contribution in [0.1, 0.15) is 70.1 Å². The molecule has 0 amide bonds. The van der Waals surface area contributed by atoms with Crippen molar-refractivity contribution in [3.05, 3.63) is 41.1 Å². The van der Waals surface area contributed by atoms with Gasteiger partial charge in [0.15, 0.2) is 0 Å². The van der Waals surface area contributed by atoms with E-state index >= 15 is 0 Å². The first-order chi connectivity index (χ1) is 14.4. The third-order valence-electron chi connectivity index (χ3n) is 6.31. The van der Waals surface area contributed by atoms with Crippen LogP contribution in [0.4, 0.5) is 0 Å². The van der Waals surface area contributed by atoms with E-state index in [1.807, 2.05) is 0 Å². The van der Waals surface area contributed by atoms with Gasteiger partial charge < -0.3 is 9.67 Å². The summed E-state index contributed by atoms with van der Waals surface area (Å²) in [5, 5.41) is 20.5. The van der Waals surface area contributed by atoms with E-state index in [1.54, 1.807) is 31.5 Å². The normalized spacial score (nSPS) is 21.3. The van der Waals surface area contributed by atoms with Gasteiger partial charge in [-0.15, -0.1) is 0 Å². The number of hydrogen-bond acceptors (Lipinski definition) is 5. The topological polar surface area (TPSA) is 87.6 Å². The van der Waals surface area contributed by atoms with Crippen LogP contribution in [0.2, 0.25) is 5.02 Å². The van der Waals surface area contributed by atoms with E-state index in [9.17, 15) is 10.4 Å². The van der Waals surface area contributed by atoms with Gasteiger partial charge in [0.05, 0.1) is 21.7 Å². The van der Waals surface area contributed by atoms with Crippen molar-refractivity contribution in [2.75, 3.05) is 0 Å². The molecule has 7 heteroatoms. The van der Waals surface area contributed by atoms with Crippen LogP contribution in [-0.2, 0) is 0 Å². The summed E-state index contributed by atoms with van der Waals surface area (Å²) >= 11 is 6.20. The summed E-state index contributed by atoms with van der Waals surface area (Å²) in [6, 6.07) is 5.75. The molecule has 3 aromatic rings. The molecule has 1 aliphatic rings. The first kappa shape index (κ1) is 20.8. The zero-order chi connectivity index (χ0) is 21.4. The molecular formula is C23H26ClN5O. The lowest BCUT2D eigenvalue weighted by molar-refractivity contribution is 0.169. The van der Waals surface area contributed by atoms with E-state index in [-0.39, 0.29) is 11.7 Å². The quantitative estimate of drug-likeness (QED) is 0.602. The molecule has 1 unspecified atom stereocenters. The van der Waals surface area contributed by atoms with Crippen molar-refractivity contribution < 1.29 is 5.11 Å². The fraction of sp³-hybridized carbons (Fsp3) is 0.478. The van der Waals surface area contributed by atoms with Gasteiger partial charge in [-0.3, -0.25) is 4.98 Å². The number of aromatic nitrogens is 4. The van der Waals surface area contributed by atoms with Crippen LogP contribution < -0.4 is 0 Å². The maximum atomic E-state index is 10.5. The Balaban J connectivity index is 1.96. The number of nitrogens with zero attached hydrogens (tertiary/aromatic N) is 5. The molecule has 1 fully saturated rings. The second-order valence-electron chi connectivity index (χ2n) is 8.50. The lowest BCUT2D eigenvalue weighted by Gasteiger charge is -2.33. The van der Waals surface area contributed by atoms with E-state index in [0.29, 0.717) is 28.0 Å². The maximum absolute atomic E-state index is 10.5. The molecule has 0 saturated heterocycles. The molecule has 2 atom stereocenters. The highest BCUT2D eigenvalue weighted by Gasteiger charge is 2.30. The van der Waals surface area contributed by atoms with Crippen molar-refractivity contribution in [1.82, 2.24) is 19.5 Å². The van der Waals surface area contributed by atoms with Crippen LogP contribution in [0.25, 0.3) is 22.3 Å². The van der Waals surface area contributed by atoms with Gasteiger partial charge in [-0.1, -0.05) is 31.4 Å². The van der Waals surface area contributed by atoms with Crippen LogP contribution >= 0.6 is 11.6 Å². The zero-order valence-corrected chi connectivity index (χ0v) is 18.3. The SMILES string of the molecule is CC1CCC(C(C)n2c([C@H](C)O)nc3cc(C#N)nc(-c4cncc(Cl)c4)c32)CC1. The maximum Gasteiger partial charge on any atom is 0.143 e. The van der Waals surface area contributed by atoms with Crippen molar-refractivity contribution in [1.29, 1.82) is 5.26 Å². The molecule has 4 rings (SSSR count). The molecule has 0 radical (unpaired) electrons. The Morgan fingerprint density at radius 3 is 2.53 bits per heavy atom. The predicted molar refractivity (Wildman–Crippen MR) is 117 cm³/mol. The van der Waals surface area contributed by atoms with Gasteiger partial charge in [0.1, 0.15) is 23.7 Å². The van der Waals surface area contributed by atoms with Crippen LogP contribution in [0.15, 0.2) is 24.5 Å². The highest BCUT2D eigenvalue weighted by atomic mass is 35.5. The summed E-state index contributed by atoms with van der Waals surface area (Å²) in [5.74, 6) is 1.86. The summed E-state index contributed by atoms with van der Waals surface area (Å²) in [4.78, 5) is 13.5. The summed E-state index contributed by atoms with van der Waals surface area (Å²) in [7, 11) is 0. The summed E-state index contributed by atoms with van der Waals surface area (Å²) in [6.45, 7) is 6.24. The minimum absolute atomic E-state index is 0.146. The second-order valence-corrected chi connectivity index (χ2v) is 8.94. The standard InChI is InChI=1S/C23H26ClN5O/c1-13-4-6-16(7-5-13)14(2)29-22-20(28-23(29)15(3)30)9-19(10-25)27-21(22)17-8-18(24)12-26-11-17/h8-9,11-16,30H,4-7H2,1-3H3/t13?,14?,15-,16?/m0/s1. The highest BCUT2D eigenvalue weighted by Crippen LogP contribution is 2.40. The fourth-order valence-electron chi connectivity index (χ4n) is 4.63. The molecule has 0 spiro atoms. The Morgan fingerprint density at radius 1 is 1.17 bits per heavy atom. The van der Waals surface area contributed by atoms with Crippen molar-refractivity contribution in [3.63, 3.8) is 0 Å². The van der Waals surface area contributed by atoms with Gasteiger partial charge in [-0.25, -0.2) is 9.97 Å². The molecule has 1 saturated carbocycles. The Morgan fingerprint density at radius 2 is 1.90 bits per heavy atom. The minimum atomic E-state index is -0.738. The van der Waals surface area contributed by atoms with Crippen LogP contribution in [0, 0.1) is 23.2 Å². The number of nitriles is 1. The number of rotatable bonds is 4. The minimum Gasteiger partial charge on any atom is -0.385 e. The van der Waals surface area contributed by atoms with E-state index in [1.165, 1.54) is 12.8 Å². The Labute approximate surface area is 181 Å². The summed E-state index contributed by atoms with van der Waals surface area (Å²) in [5.41, 5.74) is 3.10. The number of aliphatic hydroxyl groups is 1. The third kappa shape index (κ3) is 3.80. The number of pyridine rings is 2. The number of fused-ring (bicyclic) bond motifs is 1. The van der Waals surface area contributed by atoms with Crippen molar-refractivity contribution >= 4 is 22.6 Å². The van der Waals surface area contributed by atoms with Crippen molar-refractivity contribution in [2.45, 2.75) is 58.6 Å². The number of hydrogen-bond donors (Lipinski definition) is 1. The highest BCUT2D eigenvalue weighted by molar-refractivity contribution is 6.30. The smallest absolute Gasteiger partial charge is 0.143 e. The molecule has 30 heavy (non-hydrogen) atoms. The number of halogens is 1. The molecular weight excluding hydrogens is 398 g/mol. The molecule has 1 aliphatic carbocycles. The number of imidazole rings is 1. The first-order valence-electron chi connectivity index (χ1n) is 10.5. The number of aliphatic hydroxyl groups excluding tert-OH is 1. The largest absolute Gasteiger partial charge is 0.385 e. The van der Waals surface area contributed by atoms with Crippen LogP contribution in [0.3, 0.4) is 0 Å². The Bertz CT molecular complexity index is 1110. The first-order valence-corrected chi connectivity index (χ1v) is 10.9. The average Bonchev–Trinajstić information content (AvgIpc) is 3.13. The third-order valence-corrected chi connectivity index (χ3v) is 6.52. The molecule has 0 bridgehead atoms. The average molecular weight is 424 g/mol. The lowest BCUT2D eigenvalue weighted by atomic mass is 9.79. The molecule has 3 heterocycles. The van der Waals surface area contributed by atoms with E-state index in [2.05, 4.69) is 34.5 Å². The van der Waals surface area contributed by atoms with Crippen LogP contribution in [-0.4, -0.2) is 24.6 Å². The molecule has 3 aromatic heterocycles. The van der Waals surface area contributed by atoms with Gasteiger partial charge in [0.25, 0.3) is 0 Å². The molecule has 6 nitrogen and oxygen atoms in total. The van der Waals surface area contributed by atoms with Gasteiger partial charge >= 0.3 is 0 Å². The van der Waals surface area contributed by atoms with Crippen molar-refractivity contribution in [2.24, 2.45) is 11.8 Å². The van der Waals surface area contributed by atoms with Gasteiger partial charge in [-0.2, -0.15) is 5.26 Å². The molecule has 156 valence electrons. The summed E-state index contributed by atoms with van der Waals surface area (Å²) < 4.78 is 2.13. The van der Waals surface area contributed by atoms with Gasteiger partial charge in [0, 0.05) is 30.1 Å². The molecule has 0 aromatic carbocycles. The van der Waals surface area contributed by atoms with Crippen LogP contribution in [0.5, 0.6) is 0 Å². The molecule has 1 N–H and O–H groups in total. The lowest BCUT2D eigenvalue weighted by Crippen LogP contribution is -2.24. The predicted octanol–water partition coefficient (Wildman–Crippen LogP) is 5.46. The van der Waals surface area contributed by atoms with Gasteiger partial charge in [0.2, 0.25) is 0 Å². The van der Waals surface area contributed by atoms with E-state index in [4.69, 9.17) is 16.6 Å². The van der Waals surface area contributed by atoms with Crippen molar-refractivity contribution in [3.8, 4) is 17.3 Å². The van der Waals surface area contributed by atoms with E-state index in [0.717, 1.165) is 29.8 Å². The Hall–Kier alpha value is -2.49. The fourth-order valence-corrected chi connectivity index (χ4v) is 4.80. The summed E-state index contributed by atoms with van der Waals surface area (Å²) in [6.07, 6.45) is 7.26. The second kappa shape index (κ2) is 8.33. The Kier molecular flexibility index (Phi) is 5.77. The molecule has 0 aliphatic heterocycles. The van der Waals surface area contributed by atoms with E-state index < -0.39 is 6.10 Å². The van der Waals surface area contributed by atoms with Gasteiger partial charge in [-0.05, 0) is 44.6 Å².